The summed E-state index contributed by atoms with van der Waals surface area (Å²) in [6.45, 7) is 0.588. The van der Waals surface area contributed by atoms with E-state index < -0.39 is 12.8 Å². The number of hydrogen-bond donors (Lipinski definition) is 0. The number of unbranched alkanes of at least 4 members (excludes halogenated alkanes) is 1. The minimum atomic E-state index is -4.34. The molecule has 0 fully saturated rings. The van der Waals surface area contributed by atoms with E-state index in [1.165, 1.54) is 0 Å². The fraction of sp³-hybridized carbons (Fsp3) is 0.533. The van der Waals surface area contributed by atoms with Gasteiger partial charge in [0.1, 0.15) is 6.61 Å². The molecular weight excluding hydrogens is 269 g/mol. The maximum absolute atomic E-state index is 11.8. The first-order valence-corrected chi connectivity index (χ1v) is 6.69. The number of halogens is 3. The zero-order chi connectivity index (χ0) is 15.0. The lowest BCUT2D eigenvalue weighted by Crippen LogP contribution is -2.18. The van der Waals surface area contributed by atoms with Crippen LogP contribution in [0.2, 0.25) is 0 Å². The number of Topliss-reactive ketones (excluding diaryl/α,β-unsaturated/α-hetero) is 1. The van der Waals surface area contributed by atoms with Crippen molar-refractivity contribution in [1.82, 2.24) is 0 Å². The van der Waals surface area contributed by atoms with Gasteiger partial charge in [-0.3, -0.25) is 4.79 Å². The maximum atomic E-state index is 11.8. The predicted octanol–water partition coefficient (Wildman–Crippen LogP) is 4.18. The molecule has 0 atom stereocenters. The van der Waals surface area contributed by atoms with Crippen LogP contribution in [0.5, 0.6) is 0 Å². The molecule has 0 aliphatic heterocycles. The van der Waals surface area contributed by atoms with Crippen molar-refractivity contribution in [3.05, 3.63) is 35.4 Å². The quantitative estimate of drug-likeness (QED) is 0.530. The zero-order valence-electron chi connectivity index (χ0n) is 11.5. The Hall–Kier alpha value is -1.36. The van der Waals surface area contributed by atoms with Crippen LogP contribution in [0, 0.1) is 0 Å². The van der Waals surface area contributed by atoms with Gasteiger partial charge in [-0.25, -0.2) is 0 Å². The number of ether oxygens (including phenoxy) is 1. The fourth-order valence-corrected chi connectivity index (χ4v) is 1.74. The van der Waals surface area contributed by atoms with E-state index in [1.54, 1.807) is 12.1 Å². The van der Waals surface area contributed by atoms with Crippen LogP contribution >= 0.6 is 0 Å². The number of rotatable bonds is 8. The number of benzene rings is 1. The van der Waals surface area contributed by atoms with Crippen molar-refractivity contribution in [2.75, 3.05) is 13.2 Å². The molecule has 1 aromatic carbocycles. The smallest absolute Gasteiger partial charge is 0.372 e. The van der Waals surface area contributed by atoms with E-state index in [0.29, 0.717) is 5.56 Å². The van der Waals surface area contributed by atoms with Gasteiger partial charge in [-0.15, -0.1) is 0 Å². The van der Waals surface area contributed by atoms with Gasteiger partial charge in [0.15, 0.2) is 5.78 Å². The SMILES string of the molecule is CCCCc1ccc(C(=O)CCOCC(F)(F)F)cc1. The lowest BCUT2D eigenvalue weighted by Gasteiger charge is -2.07. The Balaban J connectivity index is 2.36. The monoisotopic (exact) mass is 288 g/mol. The number of aryl methyl sites for hydroxylation is 1. The molecule has 0 bridgehead atoms. The molecule has 0 amide bonds. The Morgan fingerprint density at radius 3 is 2.40 bits per heavy atom. The van der Waals surface area contributed by atoms with E-state index in [1.807, 2.05) is 12.1 Å². The third-order valence-corrected chi connectivity index (χ3v) is 2.83. The summed E-state index contributed by atoms with van der Waals surface area (Å²) in [6, 6.07) is 7.22. The van der Waals surface area contributed by atoms with Crippen molar-refractivity contribution in [1.29, 1.82) is 0 Å². The van der Waals surface area contributed by atoms with Crippen LogP contribution in [-0.2, 0) is 11.2 Å². The molecule has 0 N–H and O–H groups in total. The van der Waals surface area contributed by atoms with Crippen LogP contribution in [0.4, 0.5) is 13.2 Å². The number of ketones is 1. The van der Waals surface area contributed by atoms with Crippen LogP contribution in [0.15, 0.2) is 24.3 Å². The molecule has 0 aliphatic rings. The van der Waals surface area contributed by atoms with Crippen LogP contribution < -0.4 is 0 Å². The first-order valence-electron chi connectivity index (χ1n) is 6.69. The highest BCUT2D eigenvalue weighted by molar-refractivity contribution is 5.96. The molecule has 0 saturated carbocycles. The van der Waals surface area contributed by atoms with Gasteiger partial charge in [0, 0.05) is 12.0 Å². The largest absolute Gasteiger partial charge is 0.411 e. The summed E-state index contributed by atoms with van der Waals surface area (Å²) in [7, 11) is 0. The van der Waals surface area contributed by atoms with E-state index in [-0.39, 0.29) is 18.8 Å². The average molecular weight is 288 g/mol. The third kappa shape index (κ3) is 6.70. The molecule has 0 radical (unpaired) electrons. The molecule has 0 saturated heterocycles. The summed E-state index contributed by atoms with van der Waals surface area (Å²) in [5, 5.41) is 0. The molecule has 0 heterocycles. The molecule has 2 nitrogen and oxygen atoms in total. The summed E-state index contributed by atoms with van der Waals surface area (Å²) >= 11 is 0. The Kier molecular flexibility index (Phi) is 6.71. The van der Waals surface area contributed by atoms with E-state index in [4.69, 9.17) is 0 Å². The van der Waals surface area contributed by atoms with Crippen molar-refractivity contribution in [2.45, 2.75) is 38.8 Å². The van der Waals surface area contributed by atoms with Gasteiger partial charge in [-0.1, -0.05) is 37.6 Å². The normalized spacial score (nSPS) is 11.6. The molecule has 0 aliphatic carbocycles. The Labute approximate surface area is 116 Å². The predicted molar refractivity (Wildman–Crippen MR) is 70.9 cm³/mol. The van der Waals surface area contributed by atoms with Gasteiger partial charge in [0.05, 0.1) is 6.61 Å². The van der Waals surface area contributed by atoms with E-state index in [0.717, 1.165) is 24.8 Å². The van der Waals surface area contributed by atoms with Crippen LogP contribution in [0.1, 0.15) is 42.1 Å². The highest BCUT2D eigenvalue weighted by Gasteiger charge is 2.27. The second-order valence-electron chi connectivity index (χ2n) is 4.64. The first-order chi connectivity index (χ1) is 9.42. The van der Waals surface area contributed by atoms with Crippen molar-refractivity contribution in [2.24, 2.45) is 0 Å². The first kappa shape index (κ1) is 16.7. The highest BCUT2D eigenvalue weighted by Crippen LogP contribution is 2.15. The maximum Gasteiger partial charge on any atom is 0.411 e. The Morgan fingerprint density at radius 1 is 1.20 bits per heavy atom. The van der Waals surface area contributed by atoms with Gasteiger partial charge >= 0.3 is 6.18 Å². The average Bonchev–Trinajstić information content (AvgIpc) is 2.40. The summed E-state index contributed by atoms with van der Waals surface area (Å²) in [6.07, 6.45) is -1.20. The Morgan fingerprint density at radius 2 is 1.85 bits per heavy atom. The minimum absolute atomic E-state index is 0.0373. The molecule has 1 rings (SSSR count). The van der Waals surface area contributed by atoms with E-state index >= 15 is 0 Å². The second-order valence-corrected chi connectivity index (χ2v) is 4.64. The lowest BCUT2D eigenvalue weighted by molar-refractivity contribution is -0.173. The summed E-state index contributed by atoms with van der Waals surface area (Å²) in [5.74, 6) is -0.200. The van der Waals surface area contributed by atoms with Crippen molar-refractivity contribution in [3.8, 4) is 0 Å². The molecule has 20 heavy (non-hydrogen) atoms. The van der Waals surface area contributed by atoms with E-state index in [2.05, 4.69) is 11.7 Å². The number of carbonyl (C=O) groups is 1. The molecule has 5 heteroatoms. The molecule has 0 unspecified atom stereocenters. The topological polar surface area (TPSA) is 26.3 Å². The lowest BCUT2D eigenvalue weighted by atomic mass is 10.0. The van der Waals surface area contributed by atoms with Gasteiger partial charge < -0.3 is 4.74 Å². The highest BCUT2D eigenvalue weighted by atomic mass is 19.4. The minimum Gasteiger partial charge on any atom is -0.372 e. The summed E-state index contributed by atoms with van der Waals surface area (Å²) < 4.78 is 39.9. The van der Waals surface area contributed by atoms with Gasteiger partial charge in [-0.05, 0) is 18.4 Å². The molecule has 0 spiro atoms. The summed E-state index contributed by atoms with van der Waals surface area (Å²) in [5.41, 5.74) is 1.68. The molecular formula is C15H19F3O2. The number of alkyl halides is 3. The zero-order valence-corrected chi connectivity index (χ0v) is 11.5. The molecule has 1 aromatic rings. The van der Waals surface area contributed by atoms with Crippen molar-refractivity contribution >= 4 is 5.78 Å². The number of hydrogen-bond acceptors (Lipinski definition) is 2. The number of carbonyl (C=O) groups excluding carboxylic acids is 1. The second kappa shape index (κ2) is 8.04. The molecule has 112 valence electrons. The van der Waals surface area contributed by atoms with E-state index in [9.17, 15) is 18.0 Å². The van der Waals surface area contributed by atoms with Crippen molar-refractivity contribution in [3.63, 3.8) is 0 Å². The molecule has 0 aromatic heterocycles. The fourth-order valence-electron chi connectivity index (χ4n) is 1.74. The van der Waals surface area contributed by atoms with Crippen LogP contribution in [0.3, 0.4) is 0 Å². The Bertz CT molecular complexity index is 410. The standard InChI is InChI=1S/C15H19F3O2/c1-2-3-4-12-5-7-13(8-6-12)14(19)9-10-20-11-15(16,17)18/h5-8H,2-4,9-11H2,1H3. The van der Waals surface area contributed by atoms with Crippen LogP contribution in [-0.4, -0.2) is 25.2 Å². The van der Waals surface area contributed by atoms with Crippen molar-refractivity contribution < 1.29 is 22.7 Å². The summed E-state index contributed by atoms with van der Waals surface area (Å²) in [4.78, 5) is 11.7. The van der Waals surface area contributed by atoms with Gasteiger partial charge in [0.2, 0.25) is 0 Å². The van der Waals surface area contributed by atoms with Gasteiger partial charge in [0.25, 0.3) is 0 Å². The van der Waals surface area contributed by atoms with Gasteiger partial charge in [-0.2, -0.15) is 13.2 Å². The third-order valence-electron chi connectivity index (χ3n) is 2.83. The van der Waals surface area contributed by atoms with Crippen LogP contribution in [0.25, 0.3) is 0 Å².